The number of nitrogens with two attached hydrogens (primary N) is 1. The minimum Gasteiger partial charge on any atom is -0.381 e. The van der Waals surface area contributed by atoms with Gasteiger partial charge in [-0.3, -0.25) is 4.79 Å². The molecule has 0 bridgehead atoms. The minimum atomic E-state index is -0.533. The Balaban J connectivity index is 1.42. The van der Waals surface area contributed by atoms with Gasteiger partial charge in [0.15, 0.2) is 0 Å². The summed E-state index contributed by atoms with van der Waals surface area (Å²) in [7, 11) is 0. The Bertz CT molecular complexity index is 235. The quantitative estimate of drug-likeness (QED) is 0.601. The Morgan fingerprint density at radius 3 is 2.80 bits per heavy atom. The monoisotopic (exact) mass is 212 g/mol. The number of nitrogens with one attached hydrogen (secondary N) is 1. The lowest BCUT2D eigenvalue weighted by molar-refractivity contribution is -0.123. The highest BCUT2D eigenvalue weighted by atomic mass is 16.5. The molecule has 3 N–H and O–H groups in total. The summed E-state index contributed by atoms with van der Waals surface area (Å²) >= 11 is 0. The van der Waals surface area contributed by atoms with Gasteiger partial charge in [0.2, 0.25) is 5.91 Å². The van der Waals surface area contributed by atoms with Gasteiger partial charge in [-0.2, -0.15) is 0 Å². The van der Waals surface area contributed by atoms with Crippen molar-refractivity contribution in [2.75, 3.05) is 19.8 Å². The molecule has 2 aliphatic rings. The second kappa shape index (κ2) is 4.49. The van der Waals surface area contributed by atoms with E-state index in [2.05, 4.69) is 5.32 Å². The second-order valence-electron chi connectivity index (χ2n) is 4.78. The van der Waals surface area contributed by atoms with Crippen LogP contribution in [0.25, 0.3) is 0 Å². The molecule has 0 aromatic heterocycles. The Morgan fingerprint density at radius 1 is 1.47 bits per heavy atom. The first-order chi connectivity index (χ1) is 7.21. The van der Waals surface area contributed by atoms with Crippen LogP contribution >= 0.6 is 0 Å². The first-order valence-electron chi connectivity index (χ1n) is 5.86. The number of carbonyl (C=O) groups excluding carboxylic acids is 1. The molecule has 86 valence electrons. The zero-order chi connectivity index (χ0) is 10.7. The SMILES string of the molecule is NC1(C(=O)NCCCOCC2CC2)CC1. The summed E-state index contributed by atoms with van der Waals surface area (Å²) in [5, 5.41) is 2.84. The van der Waals surface area contributed by atoms with Crippen molar-refractivity contribution in [3.63, 3.8) is 0 Å². The molecular weight excluding hydrogens is 192 g/mol. The fourth-order valence-corrected chi connectivity index (χ4v) is 1.45. The molecule has 0 heterocycles. The van der Waals surface area contributed by atoms with Crippen molar-refractivity contribution in [2.45, 2.75) is 37.6 Å². The zero-order valence-corrected chi connectivity index (χ0v) is 9.13. The molecule has 2 rings (SSSR count). The molecule has 0 saturated heterocycles. The van der Waals surface area contributed by atoms with E-state index in [1.54, 1.807) is 0 Å². The molecule has 4 nitrogen and oxygen atoms in total. The predicted octanol–water partition coefficient (Wildman–Crippen LogP) is 0.411. The summed E-state index contributed by atoms with van der Waals surface area (Å²) < 4.78 is 5.46. The standard InChI is InChI=1S/C11H20N2O2/c12-11(4-5-11)10(14)13-6-1-7-15-8-9-2-3-9/h9H,1-8,12H2,(H,13,14). The summed E-state index contributed by atoms with van der Waals surface area (Å²) in [4.78, 5) is 11.4. The molecule has 0 aromatic carbocycles. The third-order valence-corrected chi connectivity index (χ3v) is 3.04. The number of carbonyl (C=O) groups is 1. The highest BCUT2D eigenvalue weighted by Crippen LogP contribution is 2.32. The van der Waals surface area contributed by atoms with Gasteiger partial charge in [0.05, 0.1) is 5.54 Å². The number of hydrogen-bond acceptors (Lipinski definition) is 3. The fraction of sp³-hybridized carbons (Fsp3) is 0.909. The first-order valence-corrected chi connectivity index (χ1v) is 5.86. The minimum absolute atomic E-state index is 0.00435. The van der Waals surface area contributed by atoms with E-state index in [0.717, 1.165) is 38.4 Å². The number of rotatable bonds is 7. The van der Waals surface area contributed by atoms with E-state index >= 15 is 0 Å². The van der Waals surface area contributed by atoms with Crippen molar-refractivity contribution >= 4 is 5.91 Å². The first kappa shape index (κ1) is 10.9. The topological polar surface area (TPSA) is 64.4 Å². The van der Waals surface area contributed by atoms with Gasteiger partial charge in [-0.05, 0) is 38.0 Å². The molecule has 2 aliphatic carbocycles. The Hall–Kier alpha value is -0.610. The Morgan fingerprint density at radius 2 is 2.20 bits per heavy atom. The van der Waals surface area contributed by atoms with Gasteiger partial charge in [-0.15, -0.1) is 0 Å². The second-order valence-corrected chi connectivity index (χ2v) is 4.78. The molecule has 4 heteroatoms. The molecule has 0 radical (unpaired) electrons. The average Bonchev–Trinajstić information content (AvgIpc) is 3.08. The van der Waals surface area contributed by atoms with Crippen LogP contribution < -0.4 is 11.1 Å². The van der Waals surface area contributed by atoms with Crippen LogP contribution in [0.15, 0.2) is 0 Å². The van der Waals surface area contributed by atoms with E-state index < -0.39 is 5.54 Å². The van der Waals surface area contributed by atoms with Crippen molar-refractivity contribution < 1.29 is 9.53 Å². The van der Waals surface area contributed by atoms with Crippen LogP contribution in [0, 0.1) is 5.92 Å². The van der Waals surface area contributed by atoms with Gasteiger partial charge >= 0.3 is 0 Å². The molecule has 2 saturated carbocycles. The van der Waals surface area contributed by atoms with E-state index in [-0.39, 0.29) is 5.91 Å². The van der Waals surface area contributed by atoms with Crippen LogP contribution in [0.5, 0.6) is 0 Å². The van der Waals surface area contributed by atoms with Gasteiger partial charge < -0.3 is 15.8 Å². The summed E-state index contributed by atoms with van der Waals surface area (Å²) in [5.74, 6) is 0.822. The lowest BCUT2D eigenvalue weighted by atomic mass is 10.2. The maximum Gasteiger partial charge on any atom is 0.240 e. The maximum atomic E-state index is 11.4. The fourth-order valence-electron chi connectivity index (χ4n) is 1.45. The molecule has 0 aliphatic heterocycles. The maximum absolute atomic E-state index is 11.4. The summed E-state index contributed by atoms with van der Waals surface area (Å²) in [6.07, 6.45) is 5.20. The van der Waals surface area contributed by atoms with E-state index in [1.165, 1.54) is 12.8 Å². The Kier molecular flexibility index (Phi) is 3.26. The molecular formula is C11H20N2O2. The highest BCUT2D eigenvalue weighted by Gasteiger charge is 2.45. The van der Waals surface area contributed by atoms with Crippen molar-refractivity contribution in [1.82, 2.24) is 5.32 Å². The van der Waals surface area contributed by atoms with Gasteiger partial charge in [-0.25, -0.2) is 0 Å². The molecule has 0 unspecified atom stereocenters. The van der Waals surface area contributed by atoms with Crippen LogP contribution in [-0.2, 0) is 9.53 Å². The number of ether oxygens (including phenoxy) is 1. The number of amides is 1. The third kappa shape index (κ3) is 3.47. The van der Waals surface area contributed by atoms with E-state index in [0.29, 0.717) is 6.54 Å². The lowest BCUT2D eigenvalue weighted by Crippen LogP contribution is -2.43. The average molecular weight is 212 g/mol. The Labute approximate surface area is 90.5 Å². The number of hydrogen-bond donors (Lipinski definition) is 2. The van der Waals surface area contributed by atoms with Crippen molar-refractivity contribution in [1.29, 1.82) is 0 Å². The van der Waals surface area contributed by atoms with E-state index in [1.807, 2.05) is 0 Å². The summed E-state index contributed by atoms with van der Waals surface area (Å²) in [5.41, 5.74) is 5.20. The highest BCUT2D eigenvalue weighted by molar-refractivity contribution is 5.88. The third-order valence-electron chi connectivity index (χ3n) is 3.04. The molecule has 0 atom stereocenters. The summed E-state index contributed by atoms with van der Waals surface area (Å²) in [6.45, 7) is 2.32. The molecule has 0 aromatic rings. The van der Waals surface area contributed by atoms with Crippen molar-refractivity contribution in [3.8, 4) is 0 Å². The summed E-state index contributed by atoms with van der Waals surface area (Å²) in [6, 6.07) is 0. The van der Waals surface area contributed by atoms with Crippen LogP contribution in [0.4, 0.5) is 0 Å². The van der Waals surface area contributed by atoms with Gasteiger partial charge in [0.25, 0.3) is 0 Å². The van der Waals surface area contributed by atoms with Crippen LogP contribution in [0.2, 0.25) is 0 Å². The smallest absolute Gasteiger partial charge is 0.240 e. The van der Waals surface area contributed by atoms with Crippen LogP contribution in [-0.4, -0.2) is 31.2 Å². The van der Waals surface area contributed by atoms with Crippen LogP contribution in [0.3, 0.4) is 0 Å². The van der Waals surface area contributed by atoms with Gasteiger partial charge in [-0.1, -0.05) is 0 Å². The van der Waals surface area contributed by atoms with Crippen molar-refractivity contribution in [2.24, 2.45) is 11.7 Å². The zero-order valence-electron chi connectivity index (χ0n) is 9.13. The van der Waals surface area contributed by atoms with Crippen LogP contribution in [0.1, 0.15) is 32.1 Å². The molecule has 1 amide bonds. The molecule has 15 heavy (non-hydrogen) atoms. The van der Waals surface area contributed by atoms with Gasteiger partial charge in [0, 0.05) is 19.8 Å². The van der Waals surface area contributed by atoms with Gasteiger partial charge in [0.1, 0.15) is 0 Å². The molecule has 0 spiro atoms. The van der Waals surface area contributed by atoms with Crippen molar-refractivity contribution in [3.05, 3.63) is 0 Å². The largest absolute Gasteiger partial charge is 0.381 e. The lowest BCUT2D eigenvalue weighted by Gasteiger charge is -2.09. The van der Waals surface area contributed by atoms with E-state index in [4.69, 9.17) is 10.5 Å². The van der Waals surface area contributed by atoms with E-state index in [9.17, 15) is 4.79 Å². The predicted molar refractivity (Wildman–Crippen MR) is 57.3 cm³/mol. The normalized spacial score (nSPS) is 22.5. The molecule has 2 fully saturated rings.